The van der Waals surface area contributed by atoms with Crippen LogP contribution in [0.2, 0.25) is 0 Å². The predicted octanol–water partition coefficient (Wildman–Crippen LogP) is 1.00. The van der Waals surface area contributed by atoms with Crippen molar-refractivity contribution in [2.24, 2.45) is 0 Å². The normalized spacial score (nSPS) is 12.0. The number of aliphatic hydroxyl groups is 1. The molecule has 2 aromatic rings. The summed E-state index contributed by atoms with van der Waals surface area (Å²) in [5.74, 6) is -2.46. The Balaban J connectivity index is 2.08. The molecule has 23 heavy (non-hydrogen) atoms. The molecule has 2 N–H and O–H groups in total. The zero-order valence-electron chi connectivity index (χ0n) is 12.3. The molecule has 0 saturated carbocycles. The summed E-state index contributed by atoms with van der Waals surface area (Å²) in [6.45, 7) is 1.59. The van der Waals surface area contributed by atoms with Gasteiger partial charge in [0, 0.05) is 19.2 Å². The fourth-order valence-corrected chi connectivity index (χ4v) is 2.01. The second kappa shape index (κ2) is 7.10. The minimum atomic E-state index is -1.54. The molecule has 8 heteroatoms. The Bertz CT molecular complexity index is 757. The number of hydrogen-bond donors (Lipinski definition) is 2. The Labute approximate surface area is 130 Å². The quantitative estimate of drug-likeness (QED) is 0.860. The lowest BCUT2D eigenvalue weighted by Gasteiger charge is -2.14. The van der Waals surface area contributed by atoms with Crippen molar-refractivity contribution in [3.05, 3.63) is 63.6 Å². The summed E-state index contributed by atoms with van der Waals surface area (Å²) in [5, 5.41) is 16.0. The van der Waals surface area contributed by atoms with Crippen molar-refractivity contribution < 1.29 is 18.7 Å². The van der Waals surface area contributed by atoms with Gasteiger partial charge >= 0.3 is 0 Å². The van der Waals surface area contributed by atoms with Gasteiger partial charge in [-0.05, 0) is 25.1 Å². The molecule has 0 saturated heterocycles. The monoisotopic (exact) mass is 323 g/mol. The van der Waals surface area contributed by atoms with Crippen LogP contribution in [0.15, 0.2) is 35.1 Å². The minimum absolute atomic E-state index is 0.0346. The van der Waals surface area contributed by atoms with Gasteiger partial charge in [-0.2, -0.15) is 5.10 Å². The zero-order valence-corrected chi connectivity index (χ0v) is 12.3. The van der Waals surface area contributed by atoms with E-state index in [1.54, 1.807) is 6.92 Å². The third-order valence-electron chi connectivity index (χ3n) is 3.19. The van der Waals surface area contributed by atoms with E-state index in [-0.39, 0.29) is 11.3 Å². The highest BCUT2D eigenvalue weighted by Gasteiger charge is 2.19. The van der Waals surface area contributed by atoms with Crippen molar-refractivity contribution in [3.8, 4) is 0 Å². The maximum Gasteiger partial charge on any atom is 0.271 e. The third kappa shape index (κ3) is 3.78. The number of carbonyl (C=O) groups is 1. The van der Waals surface area contributed by atoms with Gasteiger partial charge in [-0.1, -0.05) is 6.07 Å². The molecule has 0 fully saturated rings. The van der Waals surface area contributed by atoms with Crippen LogP contribution in [0.1, 0.15) is 29.1 Å². The third-order valence-corrected chi connectivity index (χ3v) is 3.19. The molecule has 6 nitrogen and oxygen atoms in total. The van der Waals surface area contributed by atoms with E-state index in [4.69, 9.17) is 0 Å². The van der Waals surface area contributed by atoms with Crippen molar-refractivity contribution in [3.63, 3.8) is 0 Å². The topological polar surface area (TPSA) is 84.2 Å². The summed E-state index contributed by atoms with van der Waals surface area (Å²) >= 11 is 0. The molecule has 0 aliphatic rings. The molecule has 1 aromatic heterocycles. The molecule has 0 aliphatic carbocycles. The van der Waals surface area contributed by atoms with Gasteiger partial charge in [0.15, 0.2) is 0 Å². The van der Waals surface area contributed by atoms with Gasteiger partial charge in [0.2, 0.25) is 0 Å². The van der Waals surface area contributed by atoms with E-state index in [0.29, 0.717) is 6.54 Å². The SMILES string of the molecule is CCn1nc(C(=O)NCC(O)c2c(F)cccc2F)ccc1=O. The van der Waals surface area contributed by atoms with Crippen LogP contribution in [0.5, 0.6) is 0 Å². The summed E-state index contributed by atoms with van der Waals surface area (Å²) in [7, 11) is 0. The fraction of sp³-hybridized carbons (Fsp3) is 0.267. The van der Waals surface area contributed by atoms with E-state index < -0.39 is 35.8 Å². The maximum atomic E-state index is 13.5. The van der Waals surface area contributed by atoms with E-state index in [1.165, 1.54) is 18.2 Å². The smallest absolute Gasteiger partial charge is 0.271 e. The molecule has 1 aromatic carbocycles. The van der Waals surface area contributed by atoms with Gasteiger partial charge < -0.3 is 10.4 Å². The number of aryl methyl sites for hydroxylation is 1. The number of nitrogens with one attached hydrogen (secondary N) is 1. The summed E-state index contributed by atoms with van der Waals surface area (Å²) in [6.07, 6.45) is -1.54. The second-order valence-corrected chi connectivity index (χ2v) is 4.73. The first-order valence-corrected chi connectivity index (χ1v) is 6.92. The lowest BCUT2D eigenvalue weighted by molar-refractivity contribution is 0.0904. The number of nitrogens with zero attached hydrogens (tertiary/aromatic N) is 2. The first-order valence-electron chi connectivity index (χ1n) is 6.92. The van der Waals surface area contributed by atoms with Crippen LogP contribution in [-0.4, -0.2) is 27.3 Å². The number of benzene rings is 1. The Morgan fingerprint density at radius 1 is 1.30 bits per heavy atom. The summed E-state index contributed by atoms with van der Waals surface area (Å²) in [6, 6.07) is 5.64. The Hall–Kier alpha value is -2.61. The summed E-state index contributed by atoms with van der Waals surface area (Å²) in [4.78, 5) is 23.3. The molecular formula is C15H15F2N3O3. The highest BCUT2D eigenvalue weighted by molar-refractivity contribution is 5.92. The second-order valence-electron chi connectivity index (χ2n) is 4.73. The van der Waals surface area contributed by atoms with Gasteiger partial charge in [0.25, 0.3) is 11.5 Å². The van der Waals surface area contributed by atoms with Gasteiger partial charge in [-0.25, -0.2) is 13.5 Å². The van der Waals surface area contributed by atoms with Crippen LogP contribution in [0.25, 0.3) is 0 Å². The molecule has 0 radical (unpaired) electrons. The first kappa shape index (κ1) is 16.8. The van der Waals surface area contributed by atoms with Crippen LogP contribution < -0.4 is 10.9 Å². The molecule has 1 heterocycles. The number of halogens is 2. The number of hydrogen-bond acceptors (Lipinski definition) is 4. The van der Waals surface area contributed by atoms with Crippen LogP contribution in [-0.2, 0) is 6.54 Å². The number of aliphatic hydroxyl groups excluding tert-OH is 1. The Kier molecular flexibility index (Phi) is 5.17. The molecule has 0 spiro atoms. The van der Waals surface area contributed by atoms with E-state index >= 15 is 0 Å². The maximum absolute atomic E-state index is 13.5. The van der Waals surface area contributed by atoms with Crippen LogP contribution >= 0.6 is 0 Å². The number of carbonyl (C=O) groups excluding carboxylic acids is 1. The highest BCUT2D eigenvalue weighted by atomic mass is 19.1. The minimum Gasteiger partial charge on any atom is -0.386 e. The van der Waals surface area contributed by atoms with E-state index in [9.17, 15) is 23.5 Å². The molecule has 1 amide bonds. The Morgan fingerprint density at radius 2 is 1.96 bits per heavy atom. The number of rotatable bonds is 5. The van der Waals surface area contributed by atoms with Crippen molar-refractivity contribution in [2.45, 2.75) is 19.6 Å². The molecular weight excluding hydrogens is 308 g/mol. The van der Waals surface area contributed by atoms with E-state index in [0.717, 1.165) is 16.8 Å². The van der Waals surface area contributed by atoms with E-state index in [1.807, 2.05) is 0 Å². The van der Waals surface area contributed by atoms with Crippen molar-refractivity contribution in [2.75, 3.05) is 6.54 Å². The highest BCUT2D eigenvalue weighted by Crippen LogP contribution is 2.19. The lowest BCUT2D eigenvalue weighted by atomic mass is 10.1. The fourth-order valence-electron chi connectivity index (χ4n) is 2.01. The molecule has 122 valence electrons. The molecule has 0 bridgehead atoms. The van der Waals surface area contributed by atoms with Crippen molar-refractivity contribution in [1.82, 2.24) is 15.1 Å². The Morgan fingerprint density at radius 3 is 2.57 bits per heavy atom. The summed E-state index contributed by atoms with van der Waals surface area (Å²) < 4.78 is 28.2. The average Bonchev–Trinajstić information content (AvgIpc) is 2.52. The molecule has 2 rings (SSSR count). The van der Waals surface area contributed by atoms with Crippen LogP contribution in [0.4, 0.5) is 8.78 Å². The summed E-state index contributed by atoms with van der Waals surface area (Å²) in [5.41, 5.74) is -0.899. The number of amides is 1. The van der Waals surface area contributed by atoms with Gasteiger partial charge in [0.1, 0.15) is 23.4 Å². The lowest BCUT2D eigenvalue weighted by Crippen LogP contribution is -2.32. The van der Waals surface area contributed by atoms with Crippen molar-refractivity contribution >= 4 is 5.91 Å². The molecule has 1 unspecified atom stereocenters. The molecule has 0 aliphatic heterocycles. The first-order chi connectivity index (χ1) is 10.9. The van der Waals surface area contributed by atoms with Gasteiger partial charge in [-0.15, -0.1) is 0 Å². The number of aromatic nitrogens is 2. The van der Waals surface area contributed by atoms with Crippen LogP contribution in [0, 0.1) is 11.6 Å². The predicted molar refractivity (Wildman–Crippen MR) is 77.8 cm³/mol. The average molecular weight is 323 g/mol. The zero-order chi connectivity index (χ0) is 17.0. The van der Waals surface area contributed by atoms with Crippen LogP contribution in [0.3, 0.4) is 0 Å². The molecule has 1 atom stereocenters. The van der Waals surface area contributed by atoms with Gasteiger partial charge in [-0.3, -0.25) is 9.59 Å². The van der Waals surface area contributed by atoms with Gasteiger partial charge in [0.05, 0.1) is 5.56 Å². The van der Waals surface area contributed by atoms with Crippen molar-refractivity contribution in [1.29, 1.82) is 0 Å². The largest absolute Gasteiger partial charge is 0.386 e. The van der Waals surface area contributed by atoms with E-state index in [2.05, 4.69) is 10.4 Å². The standard InChI is InChI=1S/C15H15F2N3O3/c1-2-20-13(22)7-6-11(19-20)15(23)18-8-12(21)14-9(16)4-3-5-10(14)17/h3-7,12,21H,2,8H2,1H3,(H,18,23).